The summed E-state index contributed by atoms with van der Waals surface area (Å²) in [4.78, 5) is 17.7. The summed E-state index contributed by atoms with van der Waals surface area (Å²) in [6.07, 6.45) is 1.55. The molecular formula is C25H21ClN2O3. The molecule has 0 saturated heterocycles. The average molecular weight is 433 g/mol. The fourth-order valence-electron chi connectivity index (χ4n) is 3.64. The van der Waals surface area contributed by atoms with Gasteiger partial charge in [0, 0.05) is 17.0 Å². The number of benzene rings is 3. The molecule has 0 bridgehead atoms. The number of halogens is 1. The fraction of sp³-hybridized carbons (Fsp3) is 0.120. The summed E-state index contributed by atoms with van der Waals surface area (Å²) in [7, 11) is 1.55. The number of ether oxygens (including phenoxy) is 1. The molecule has 4 aromatic rings. The van der Waals surface area contributed by atoms with E-state index in [0.717, 1.165) is 11.1 Å². The van der Waals surface area contributed by atoms with Gasteiger partial charge in [-0.15, -0.1) is 0 Å². The van der Waals surface area contributed by atoms with E-state index in [1.165, 1.54) is 4.57 Å². The van der Waals surface area contributed by atoms with E-state index in [4.69, 9.17) is 16.3 Å². The van der Waals surface area contributed by atoms with Crippen molar-refractivity contribution in [2.45, 2.75) is 13.8 Å². The molecule has 4 rings (SSSR count). The van der Waals surface area contributed by atoms with Gasteiger partial charge in [0.15, 0.2) is 0 Å². The van der Waals surface area contributed by atoms with Crippen LogP contribution in [0.4, 0.5) is 5.69 Å². The van der Waals surface area contributed by atoms with Gasteiger partial charge in [-0.3, -0.25) is 9.79 Å². The third kappa shape index (κ3) is 3.80. The van der Waals surface area contributed by atoms with E-state index in [0.29, 0.717) is 38.5 Å². The Morgan fingerprint density at radius 2 is 1.77 bits per heavy atom. The number of aromatic hydroxyl groups is 1. The molecule has 1 N–H and O–H groups in total. The largest absolute Gasteiger partial charge is 0.495 e. The number of methoxy groups -OCH3 is 1. The maximum Gasteiger partial charge on any atom is 0.265 e. The molecule has 0 aliphatic heterocycles. The van der Waals surface area contributed by atoms with Crippen molar-refractivity contribution in [2.24, 2.45) is 4.99 Å². The number of aliphatic imine (C=N–C) groups is 1. The van der Waals surface area contributed by atoms with E-state index >= 15 is 0 Å². The molecule has 0 fully saturated rings. The lowest BCUT2D eigenvalue weighted by atomic mass is 10.1. The Hall–Kier alpha value is -3.57. The van der Waals surface area contributed by atoms with Crippen LogP contribution < -0.4 is 10.3 Å². The van der Waals surface area contributed by atoms with Gasteiger partial charge in [-0.1, -0.05) is 47.5 Å². The highest BCUT2D eigenvalue weighted by molar-refractivity contribution is 6.32. The fourth-order valence-corrected chi connectivity index (χ4v) is 3.90. The van der Waals surface area contributed by atoms with Crippen molar-refractivity contribution in [3.05, 3.63) is 92.7 Å². The minimum Gasteiger partial charge on any atom is -0.495 e. The Labute approximate surface area is 184 Å². The number of hydrogen-bond donors (Lipinski definition) is 1. The van der Waals surface area contributed by atoms with Crippen LogP contribution in [0.1, 0.15) is 16.7 Å². The van der Waals surface area contributed by atoms with Crippen molar-refractivity contribution in [3.8, 4) is 17.3 Å². The quantitative estimate of drug-likeness (QED) is 0.419. The molecule has 0 radical (unpaired) electrons. The van der Waals surface area contributed by atoms with Gasteiger partial charge in [0.25, 0.3) is 5.56 Å². The summed E-state index contributed by atoms with van der Waals surface area (Å²) in [5.74, 6) is 0.385. The van der Waals surface area contributed by atoms with E-state index < -0.39 is 0 Å². The number of rotatable bonds is 4. The van der Waals surface area contributed by atoms with Crippen LogP contribution in [0.2, 0.25) is 5.02 Å². The van der Waals surface area contributed by atoms with E-state index in [9.17, 15) is 9.90 Å². The molecule has 1 aromatic heterocycles. The summed E-state index contributed by atoms with van der Waals surface area (Å²) < 4.78 is 6.51. The Bertz CT molecular complexity index is 1390. The highest BCUT2D eigenvalue weighted by Crippen LogP contribution is 2.30. The lowest BCUT2D eigenvalue weighted by molar-refractivity contribution is 0.415. The smallest absolute Gasteiger partial charge is 0.265 e. The van der Waals surface area contributed by atoms with Crippen LogP contribution in [-0.2, 0) is 0 Å². The van der Waals surface area contributed by atoms with Crippen LogP contribution in [-0.4, -0.2) is 23.0 Å². The van der Waals surface area contributed by atoms with Crippen LogP contribution in [0.25, 0.3) is 16.5 Å². The summed E-state index contributed by atoms with van der Waals surface area (Å²) in [5, 5.41) is 12.7. The van der Waals surface area contributed by atoms with E-state index in [2.05, 4.69) is 4.99 Å². The first kappa shape index (κ1) is 20.7. The van der Waals surface area contributed by atoms with Crippen molar-refractivity contribution >= 4 is 34.3 Å². The second kappa shape index (κ2) is 8.28. The normalized spacial score (nSPS) is 11.4. The average Bonchev–Trinajstić information content (AvgIpc) is 2.75. The van der Waals surface area contributed by atoms with Crippen LogP contribution >= 0.6 is 11.6 Å². The molecule has 1 heterocycles. The summed E-state index contributed by atoms with van der Waals surface area (Å²) in [6, 6.07) is 18.1. The summed E-state index contributed by atoms with van der Waals surface area (Å²) in [5.41, 5.74) is 3.34. The van der Waals surface area contributed by atoms with Gasteiger partial charge < -0.3 is 9.84 Å². The zero-order chi connectivity index (χ0) is 22.1. The molecule has 3 aromatic carbocycles. The van der Waals surface area contributed by atoms with Gasteiger partial charge in [-0.05, 0) is 49.7 Å². The maximum atomic E-state index is 13.3. The van der Waals surface area contributed by atoms with Gasteiger partial charge >= 0.3 is 0 Å². The molecule has 0 saturated carbocycles. The monoisotopic (exact) mass is 432 g/mol. The maximum absolute atomic E-state index is 13.3. The van der Waals surface area contributed by atoms with Crippen molar-refractivity contribution < 1.29 is 9.84 Å². The van der Waals surface area contributed by atoms with Gasteiger partial charge in [-0.2, -0.15) is 0 Å². The Morgan fingerprint density at radius 1 is 1.03 bits per heavy atom. The summed E-state index contributed by atoms with van der Waals surface area (Å²) >= 11 is 6.20. The first-order valence-electron chi connectivity index (χ1n) is 9.72. The molecule has 156 valence electrons. The molecular weight excluding hydrogens is 412 g/mol. The van der Waals surface area contributed by atoms with Crippen molar-refractivity contribution in [1.29, 1.82) is 0 Å². The first-order valence-corrected chi connectivity index (χ1v) is 10.1. The van der Waals surface area contributed by atoms with Crippen molar-refractivity contribution in [3.63, 3.8) is 0 Å². The third-order valence-corrected chi connectivity index (χ3v) is 5.47. The second-order valence-electron chi connectivity index (χ2n) is 7.29. The zero-order valence-corrected chi connectivity index (χ0v) is 18.1. The Balaban J connectivity index is 1.95. The number of fused-ring (bicyclic) bond motifs is 1. The van der Waals surface area contributed by atoms with Crippen LogP contribution in [0.3, 0.4) is 0 Å². The molecule has 31 heavy (non-hydrogen) atoms. The van der Waals surface area contributed by atoms with Crippen LogP contribution in [0.5, 0.6) is 11.6 Å². The number of aromatic nitrogens is 1. The molecule has 0 amide bonds. The topological polar surface area (TPSA) is 63.8 Å². The summed E-state index contributed by atoms with van der Waals surface area (Å²) in [6.45, 7) is 3.90. The van der Waals surface area contributed by atoms with Crippen molar-refractivity contribution in [1.82, 2.24) is 4.57 Å². The first-order chi connectivity index (χ1) is 14.9. The number of hydrogen-bond acceptors (Lipinski definition) is 4. The minimum absolute atomic E-state index is 0.168. The standard InChI is InChI=1S/C25H21ClN2O3/c1-15-8-10-22(16(2)12-15)28-24(29)19-7-5-4-6-18(19)20(25(28)30)14-27-17-9-11-23(31-3)21(26)13-17/h4-14,30H,1-3H3. The van der Waals surface area contributed by atoms with E-state index in [1.54, 1.807) is 49.7 Å². The highest BCUT2D eigenvalue weighted by Gasteiger charge is 2.17. The SMILES string of the molecule is COc1ccc(N=Cc2c(O)n(-c3ccc(C)cc3C)c(=O)c3ccccc23)cc1Cl. The van der Waals surface area contributed by atoms with Gasteiger partial charge in [0.05, 0.1) is 29.1 Å². The molecule has 6 heteroatoms. The molecule has 0 aliphatic carbocycles. The minimum atomic E-state index is -0.287. The molecule has 0 atom stereocenters. The lowest BCUT2D eigenvalue weighted by Gasteiger charge is -2.16. The lowest BCUT2D eigenvalue weighted by Crippen LogP contribution is -2.21. The molecule has 5 nitrogen and oxygen atoms in total. The van der Waals surface area contributed by atoms with Gasteiger partial charge in [0.2, 0.25) is 5.88 Å². The highest BCUT2D eigenvalue weighted by atomic mass is 35.5. The van der Waals surface area contributed by atoms with Crippen molar-refractivity contribution in [2.75, 3.05) is 7.11 Å². The Kier molecular flexibility index (Phi) is 5.53. The molecule has 0 aliphatic rings. The van der Waals surface area contributed by atoms with Gasteiger partial charge in [-0.25, -0.2) is 4.57 Å². The van der Waals surface area contributed by atoms with Gasteiger partial charge in [0.1, 0.15) is 5.75 Å². The number of aryl methyl sites for hydroxylation is 2. The Morgan fingerprint density at radius 3 is 2.45 bits per heavy atom. The molecule has 0 unspecified atom stereocenters. The second-order valence-corrected chi connectivity index (χ2v) is 7.70. The number of nitrogens with zero attached hydrogens (tertiary/aromatic N) is 2. The van der Waals surface area contributed by atoms with E-state index in [-0.39, 0.29) is 11.4 Å². The predicted molar refractivity (Wildman–Crippen MR) is 126 cm³/mol. The predicted octanol–water partition coefficient (Wildman–Crippen LogP) is 5.73. The zero-order valence-electron chi connectivity index (χ0n) is 17.4. The molecule has 0 spiro atoms. The van der Waals surface area contributed by atoms with Crippen LogP contribution in [0.15, 0.2) is 70.5 Å². The third-order valence-electron chi connectivity index (χ3n) is 5.17. The number of pyridine rings is 1. The van der Waals surface area contributed by atoms with E-state index in [1.807, 2.05) is 38.1 Å². The van der Waals surface area contributed by atoms with Crippen LogP contribution in [0, 0.1) is 13.8 Å².